The minimum absolute atomic E-state index is 0.106. The highest BCUT2D eigenvalue weighted by atomic mass is 16.3. The second kappa shape index (κ2) is 9.78. The SMILES string of the molecule is CCCCCCCC(CCO)c1cc(C(C)(C)C)c(O)c(C(C)(C)C)c1. The van der Waals surface area contributed by atoms with Crippen molar-refractivity contribution in [3.8, 4) is 5.75 Å². The van der Waals surface area contributed by atoms with Crippen LogP contribution in [0.3, 0.4) is 0 Å². The van der Waals surface area contributed by atoms with E-state index < -0.39 is 0 Å². The van der Waals surface area contributed by atoms with Crippen LogP contribution in [-0.4, -0.2) is 16.8 Å². The van der Waals surface area contributed by atoms with Gasteiger partial charge in [-0.2, -0.15) is 0 Å². The number of hydrogen-bond donors (Lipinski definition) is 2. The van der Waals surface area contributed by atoms with Crippen molar-refractivity contribution in [3.63, 3.8) is 0 Å². The molecule has 0 aliphatic heterocycles. The summed E-state index contributed by atoms with van der Waals surface area (Å²) in [6.07, 6.45) is 8.27. The number of benzene rings is 1. The van der Waals surface area contributed by atoms with Gasteiger partial charge in [-0.05, 0) is 46.3 Å². The monoisotopic (exact) mass is 362 g/mol. The molecule has 2 nitrogen and oxygen atoms in total. The van der Waals surface area contributed by atoms with E-state index in [2.05, 4.69) is 60.6 Å². The third kappa shape index (κ3) is 6.61. The van der Waals surface area contributed by atoms with Crippen LogP contribution in [0.25, 0.3) is 0 Å². The predicted molar refractivity (Wildman–Crippen MR) is 113 cm³/mol. The predicted octanol–water partition coefficient (Wildman–Crippen LogP) is 6.81. The lowest BCUT2D eigenvalue weighted by molar-refractivity contribution is 0.271. The molecule has 2 N–H and O–H groups in total. The number of unbranched alkanes of at least 4 members (excludes halogenated alkanes) is 4. The van der Waals surface area contributed by atoms with E-state index in [0.29, 0.717) is 11.7 Å². The van der Waals surface area contributed by atoms with Crippen LogP contribution < -0.4 is 0 Å². The molecule has 0 spiro atoms. The Morgan fingerprint density at radius 3 is 1.73 bits per heavy atom. The van der Waals surface area contributed by atoms with Crippen molar-refractivity contribution in [2.24, 2.45) is 0 Å². The molecule has 1 aromatic carbocycles. The van der Waals surface area contributed by atoms with Crippen molar-refractivity contribution in [2.75, 3.05) is 6.61 Å². The first kappa shape index (κ1) is 23.0. The fourth-order valence-corrected chi connectivity index (χ4v) is 3.66. The maximum absolute atomic E-state index is 10.9. The van der Waals surface area contributed by atoms with Gasteiger partial charge in [0.15, 0.2) is 0 Å². The molecule has 150 valence electrons. The molecule has 0 saturated heterocycles. The van der Waals surface area contributed by atoms with Crippen LogP contribution in [0.1, 0.15) is 116 Å². The summed E-state index contributed by atoms with van der Waals surface area (Å²) in [6, 6.07) is 4.38. The van der Waals surface area contributed by atoms with Crippen LogP contribution in [0.15, 0.2) is 12.1 Å². The fourth-order valence-electron chi connectivity index (χ4n) is 3.66. The Morgan fingerprint density at radius 1 is 0.808 bits per heavy atom. The zero-order chi connectivity index (χ0) is 20.0. The number of aliphatic hydroxyl groups is 1. The molecule has 26 heavy (non-hydrogen) atoms. The third-order valence-corrected chi connectivity index (χ3v) is 5.35. The van der Waals surface area contributed by atoms with Gasteiger partial charge in [-0.25, -0.2) is 0 Å². The average molecular weight is 363 g/mol. The van der Waals surface area contributed by atoms with E-state index >= 15 is 0 Å². The van der Waals surface area contributed by atoms with Crippen LogP contribution in [0, 0.1) is 0 Å². The first-order chi connectivity index (χ1) is 12.0. The molecule has 1 atom stereocenters. The van der Waals surface area contributed by atoms with E-state index in [1.165, 1.54) is 37.7 Å². The molecule has 1 aromatic rings. The van der Waals surface area contributed by atoms with E-state index in [1.807, 2.05) is 0 Å². The Bertz CT molecular complexity index is 511. The topological polar surface area (TPSA) is 40.5 Å². The van der Waals surface area contributed by atoms with Crippen LogP contribution in [-0.2, 0) is 10.8 Å². The van der Waals surface area contributed by atoms with Gasteiger partial charge in [0, 0.05) is 6.61 Å². The van der Waals surface area contributed by atoms with E-state index in [9.17, 15) is 10.2 Å². The Morgan fingerprint density at radius 2 is 1.31 bits per heavy atom. The molecule has 0 bridgehead atoms. The maximum atomic E-state index is 10.9. The van der Waals surface area contributed by atoms with Gasteiger partial charge in [-0.3, -0.25) is 0 Å². The van der Waals surface area contributed by atoms with Gasteiger partial charge in [0.05, 0.1) is 0 Å². The van der Waals surface area contributed by atoms with E-state index in [1.54, 1.807) is 0 Å². The summed E-state index contributed by atoms with van der Waals surface area (Å²) in [5.41, 5.74) is 3.11. The summed E-state index contributed by atoms with van der Waals surface area (Å²) >= 11 is 0. The third-order valence-electron chi connectivity index (χ3n) is 5.35. The van der Waals surface area contributed by atoms with Crippen LogP contribution in [0.5, 0.6) is 5.75 Å². The van der Waals surface area contributed by atoms with E-state index in [-0.39, 0.29) is 17.4 Å². The molecule has 0 fully saturated rings. The van der Waals surface area contributed by atoms with Gasteiger partial charge >= 0.3 is 0 Å². The van der Waals surface area contributed by atoms with Crippen molar-refractivity contribution in [1.29, 1.82) is 0 Å². The molecule has 0 aliphatic carbocycles. The molecule has 0 heterocycles. The largest absolute Gasteiger partial charge is 0.507 e. The summed E-state index contributed by atoms with van der Waals surface area (Å²) in [4.78, 5) is 0. The van der Waals surface area contributed by atoms with Crippen molar-refractivity contribution < 1.29 is 10.2 Å². The number of rotatable bonds is 9. The molecule has 0 saturated carbocycles. The highest BCUT2D eigenvalue weighted by Crippen LogP contribution is 2.42. The second-order valence-corrected chi connectivity index (χ2v) is 9.88. The first-order valence-electron chi connectivity index (χ1n) is 10.5. The number of phenolic OH excluding ortho intramolecular Hbond substituents is 1. The Hall–Kier alpha value is -1.02. The Kier molecular flexibility index (Phi) is 8.66. The second-order valence-electron chi connectivity index (χ2n) is 9.88. The quantitative estimate of drug-likeness (QED) is 0.473. The van der Waals surface area contributed by atoms with Gasteiger partial charge < -0.3 is 10.2 Å². The summed E-state index contributed by atoms with van der Waals surface area (Å²) in [5, 5.41) is 20.5. The summed E-state index contributed by atoms with van der Waals surface area (Å²) in [6.45, 7) is 15.4. The van der Waals surface area contributed by atoms with Crippen molar-refractivity contribution in [2.45, 2.75) is 110 Å². The smallest absolute Gasteiger partial charge is 0.123 e. The molecule has 0 aromatic heterocycles. The van der Waals surface area contributed by atoms with Crippen LogP contribution in [0.4, 0.5) is 0 Å². The zero-order valence-corrected chi connectivity index (χ0v) is 18.3. The zero-order valence-electron chi connectivity index (χ0n) is 18.3. The van der Waals surface area contributed by atoms with Crippen LogP contribution >= 0.6 is 0 Å². The first-order valence-corrected chi connectivity index (χ1v) is 10.5. The van der Waals surface area contributed by atoms with E-state index in [0.717, 1.165) is 24.0 Å². The van der Waals surface area contributed by atoms with Crippen molar-refractivity contribution in [1.82, 2.24) is 0 Å². The fraction of sp³-hybridized carbons (Fsp3) is 0.750. The molecule has 0 aliphatic rings. The molecular weight excluding hydrogens is 320 g/mol. The summed E-state index contributed by atoms with van der Waals surface area (Å²) in [7, 11) is 0. The van der Waals surface area contributed by atoms with Crippen LogP contribution in [0.2, 0.25) is 0 Å². The normalized spacial score (nSPS) is 13.8. The van der Waals surface area contributed by atoms with Gasteiger partial charge in [0.2, 0.25) is 0 Å². The number of aliphatic hydroxyl groups excluding tert-OH is 1. The molecule has 0 radical (unpaired) electrons. The summed E-state index contributed by atoms with van der Waals surface area (Å²) < 4.78 is 0. The number of phenols is 1. The van der Waals surface area contributed by atoms with Gasteiger partial charge in [0.1, 0.15) is 5.75 Å². The molecule has 1 unspecified atom stereocenters. The molecule has 1 rings (SSSR count). The van der Waals surface area contributed by atoms with Crippen molar-refractivity contribution >= 4 is 0 Å². The number of hydrogen-bond acceptors (Lipinski definition) is 2. The summed E-state index contributed by atoms with van der Waals surface area (Å²) in [5.74, 6) is 0.809. The molecule has 0 amide bonds. The van der Waals surface area contributed by atoms with Gasteiger partial charge in [-0.15, -0.1) is 0 Å². The van der Waals surface area contributed by atoms with E-state index in [4.69, 9.17) is 0 Å². The van der Waals surface area contributed by atoms with Gasteiger partial charge in [0.25, 0.3) is 0 Å². The van der Waals surface area contributed by atoms with Gasteiger partial charge in [-0.1, -0.05) is 92.7 Å². The molecule has 2 heteroatoms. The lowest BCUT2D eigenvalue weighted by atomic mass is 9.76. The Labute approximate surface area is 162 Å². The highest BCUT2D eigenvalue weighted by molar-refractivity contribution is 5.50. The standard InChI is InChI=1S/C24H42O2/c1-8-9-10-11-12-13-18(14-15-25)19-16-20(23(2,3)4)22(26)21(17-19)24(5,6)7/h16-18,25-26H,8-15H2,1-7H3. The minimum atomic E-state index is -0.106. The molecular formula is C24H42O2. The minimum Gasteiger partial charge on any atom is -0.507 e. The lowest BCUT2D eigenvalue weighted by Gasteiger charge is -2.30. The lowest BCUT2D eigenvalue weighted by Crippen LogP contribution is -2.18. The Balaban J connectivity index is 3.20. The number of aromatic hydroxyl groups is 1. The highest BCUT2D eigenvalue weighted by Gasteiger charge is 2.28. The average Bonchev–Trinajstić information content (AvgIpc) is 2.51. The van der Waals surface area contributed by atoms with Crippen molar-refractivity contribution in [3.05, 3.63) is 28.8 Å². The maximum Gasteiger partial charge on any atom is 0.123 e.